The van der Waals surface area contributed by atoms with Crippen LogP contribution in [0.4, 0.5) is 4.39 Å². The van der Waals surface area contributed by atoms with Crippen LogP contribution in [0.15, 0.2) is 24.3 Å². The molecule has 0 bridgehead atoms. The summed E-state index contributed by atoms with van der Waals surface area (Å²) in [5.41, 5.74) is 6.59. The van der Waals surface area contributed by atoms with E-state index >= 15 is 0 Å². The molecule has 0 saturated heterocycles. The van der Waals surface area contributed by atoms with Crippen molar-refractivity contribution in [3.63, 3.8) is 0 Å². The molecule has 0 aromatic heterocycles. The molecule has 106 valence electrons. The van der Waals surface area contributed by atoms with Gasteiger partial charge in [-0.15, -0.1) is 0 Å². The van der Waals surface area contributed by atoms with Crippen molar-refractivity contribution in [2.75, 3.05) is 7.05 Å². The van der Waals surface area contributed by atoms with Gasteiger partial charge in [0.15, 0.2) is 0 Å². The maximum absolute atomic E-state index is 12.9. The molecule has 1 rings (SSSR count). The first kappa shape index (κ1) is 15.6. The van der Waals surface area contributed by atoms with E-state index in [2.05, 4.69) is 0 Å². The minimum absolute atomic E-state index is 0.107. The number of hydrogen-bond acceptors (Lipinski definition) is 2. The highest BCUT2D eigenvalue weighted by Crippen LogP contribution is 2.24. The quantitative estimate of drug-likeness (QED) is 0.914. The summed E-state index contributed by atoms with van der Waals surface area (Å²) in [6.07, 6.45) is 0. The predicted molar refractivity (Wildman–Crippen MR) is 75.0 cm³/mol. The van der Waals surface area contributed by atoms with Gasteiger partial charge in [0.2, 0.25) is 5.91 Å². The lowest BCUT2D eigenvalue weighted by molar-refractivity contribution is -0.135. The van der Waals surface area contributed by atoms with E-state index in [4.69, 9.17) is 5.73 Å². The van der Waals surface area contributed by atoms with E-state index in [1.54, 1.807) is 24.1 Å². The van der Waals surface area contributed by atoms with Gasteiger partial charge in [0, 0.05) is 7.05 Å². The molecule has 1 amide bonds. The van der Waals surface area contributed by atoms with Crippen molar-refractivity contribution in [3.05, 3.63) is 35.6 Å². The smallest absolute Gasteiger partial charge is 0.240 e. The number of nitrogens with two attached hydrogens (primary N) is 1. The van der Waals surface area contributed by atoms with Crippen LogP contribution in [-0.2, 0) is 4.79 Å². The fourth-order valence-corrected chi connectivity index (χ4v) is 1.75. The lowest BCUT2D eigenvalue weighted by Gasteiger charge is -2.33. The highest BCUT2D eigenvalue weighted by molar-refractivity contribution is 5.82. The molecule has 3 nitrogen and oxygen atoms in total. The van der Waals surface area contributed by atoms with Gasteiger partial charge in [0.1, 0.15) is 5.82 Å². The molecule has 2 atom stereocenters. The molecule has 0 fully saturated rings. The van der Waals surface area contributed by atoms with Gasteiger partial charge < -0.3 is 10.6 Å². The van der Waals surface area contributed by atoms with Crippen LogP contribution in [0.3, 0.4) is 0 Å². The zero-order valence-electron chi connectivity index (χ0n) is 12.3. The molecule has 1 unspecified atom stereocenters. The number of hydrogen-bond donors (Lipinski definition) is 1. The third kappa shape index (κ3) is 3.77. The van der Waals surface area contributed by atoms with Crippen LogP contribution in [0.5, 0.6) is 0 Å². The van der Waals surface area contributed by atoms with E-state index in [9.17, 15) is 9.18 Å². The molecule has 4 heteroatoms. The van der Waals surface area contributed by atoms with Crippen molar-refractivity contribution in [3.8, 4) is 0 Å². The minimum Gasteiger partial charge on any atom is -0.338 e. The zero-order valence-corrected chi connectivity index (χ0v) is 12.3. The van der Waals surface area contributed by atoms with Gasteiger partial charge in [-0.2, -0.15) is 0 Å². The fourth-order valence-electron chi connectivity index (χ4n) is 1.75. The minimum atomic E-state index is -0.555. The Bertz CT molecular complexity index is 436. The van der Waals surface area contributed by atoms with E-state index < -0.39 is 6.04 Å². The Balaban J connectivity index is 2.85. The average Bonchev–Trinajstić information content (AvgIpc) is 2.35. The molecular formula is C15H23FN2O. The third-order valence-corrected chi connectivity index (χ3v) is 3.48. The molecule has 19 heavy (non-hydrogen) atoms. The van der Waals surface area contributed by atoms with E-state index in [-0.39, 0.29) is 23.2 Å². The van der Waals surface area contributed by atoms with Gasteiger partial charge in [-0.1, -0.05) is 32.9 Å². The second-order valence-corrected chi connectivity index (χ2v) is 6.02. The summed E-state index contributed by atoms with van der Waals surface area (Å²) < 4.78 is 12.9. The summed E-state index contributed by atoms with van der Waals surface area (Å²) >= 11 is 0. The number of amides is 1. The van der Waals surface area contributed by atoms with E-state index in [0.29, 0.717) is 0 Å². The monoisotopic (exact) mass is 266 g/mol. The van der Waals surface area contributed by atoms with Crippen LogP contribution in [0.1, 0.15) is 39.3 Å². The first-order valence-corrected chi connectivity index (χ1v) is 6.42. The zero-order chi connectivity index (χ0) is 14.8. The molecule has 0 radical (unpaired) electrons. The summed E-state index contributed by atoms with van der Waals surface area (Å²) in [4.78, 5) is 13.9. The number of rotatable bonds is 3. The maximum atomic E-state index is 12.9. The van der Waals surface area contributed by atoms with Crippen LogP contribution in [0.25, 0.3) is 0 Å². The number of carbonyl (C=O) groups excluding carboxylic acids is 1. The lowest BCUT2D eigenvalue weighted by atomic mass is 9.86. The van der Waals surface area contributed by atoms with Crippen molar-refractivity contribution in [2.24, 2.45) is 11.1 Å². The average molecular weight is 266 g/mol. The number of carbonyl (C=O) groups is 1. The largest absolute Gasteiger partial charge is 0.338 e. The van der Waals surface area contributed by atoms with Crippen molar-refractivity contribution in [1.29, 1.82) is 0 Å². The summed E-state index contributed by atoms with van der Waals surface area (Å²) in [6, 6.07) is 5.47. The van der Waals surface area contributed by atoms with E-state index in [0.717, 1.165) is 5.56 Å². The Hall–Kier alpha value is -1.42. The van der Waals surface area contributed by atoms with Gasteiger partial charge in [0.05, 0.1) is 12.1 Å². The third-order valence-electron chi connectivity index (χ3n) is 3.48. The van der Waals surface area contributed by atoms with Gasteiger partial charge >= 0.3 is 0 Å². The SMILES string of the molecule is CC(c1ccc(F)cc1)N(C)C(=O)[C@@H](N)C(C)(C)C. The Morgan fingerprint density at radius 1 is 1.26 bits per heavy atom. The van der Waals surface area contributed by atoms with Crippen LogP contribution in [0.2, 0.25) is 0 Å². The highest BCUT2D eigenvalue weighted by Gasteiger charge is 2.31. The molecule has 0 aliphatic carbocycles. The molecule has 0 aliphatic rings. The molecule has 0 heterocycles. The molecular weight excluding hydrogens is 243 g/mol. The Morgan fingerprint density at radius 3 is 2.16 bits per heavy atom. The Morgan fingerprint density at radius 2 is 1.74 bits per heavy atom. The number of likely N-dealkylation sites (N-methyl/N-ethyl adjacent to an activating group) is 1. The number of benzene rings is 1. The number of nitrogens with zero attached hydrogens (tertiary/aromatic N) is 1. The van der Waals surface area contributed by atoms with Crippen molar-refractivity contribution >= 4 is 5.91 Å². The van der Waals surface area contributed by atoms with Crippen molar-refractivity contribution in [1.82, 2.24) is 4.90 Å². The first-order chi connectivity index (χ1) is 8.64. The van der Waals surface area contributed by atoms with E-state index in [1.807, 2.05) is 27.7 Å². The van der Waals surface area contributed by atoms with Crippen LogP contribution >= 0.6 is 0 Å². The second-order valence-electron chi connectivity index (χ2n) is 6.02. The molecule has 0 aliphatic heterocycles. The van der Waals surface area contributed by atoms with Gasteiger partial charge in [-0.3, -0.25) is 4.79 Å². The van der Waals surface area contributed by atoms with Crippen LogP contribution in [-0.4, -0.2) is 23.9 Å². The van der Waals surface area contributed by atoms with Gasteiger partial charge in [0.25, 0.3) is 0 Å². The molecule has 0 saturated carbocycles. The maximum Gasteiger partial charge on any atom is 0.240 e. The topological polar surface area (TPSA) is 46.3 Å². The molecule has 1 aromatic rings. The van der Waals surface area contributed by atoms with Crippen LogP contribution in [0, 0.1) is 11.2 Å². The Kier molecular flexibility index (Phi) is 4.69. The first-order valence-electron chi connectivity index (χ1n) is 6.42. The number of halogens is 1. The summed E-state index contributed by atoms with van der Waals surface area (Å²) in [5, 5.41) is 0. The molecule has 2 N–H and O–H groups in total. The predicted octanol–water partition coefficient (Wildman–Crippen LogP) is 2.72. The van der Waals surface area contributed by atoms with Gasteiger partial charge in [-0.25, -0.2) is 4.39 Å². The second kappa shape index (κ2) is 5.70. The highest BCUT2D eigenvalue weighted by atomic mass is 19.1. The Labute approximate surface area is 114 Å². The normalized spacial score (nSPS) is 14.9. The van der Waals surface area contributed by atoms with Gasteiger partial charge in [-0.05, 0) is 30.0 Å². The fraction of sp³-hybridized carbons (Fsp3) is 0.533. The van der Waals surface area contributed by atoms with Crippen molar-refractivity contribution in [2.45, 2.75) is 39.8 Å². The lowest BCUT2D eigenvalue weighted by Crippen LogP contribution is -2.49. The standard InChI is InChI=1S/C15H23FN2O/c1-10(11-6-8-12(16)9-7-11)18(5)14(19)13(17)15(2,3)4/h6-10,13H,17H2,1-5H3/t10?,13-/m1/s1. The van der Waals surface area contributed by atoms with E-state index in [1.165, 1.54) is 12.1 Å². The summed E-state index contributed by atoms with van der Waals surface area (Å²) in [6.45, 7) is 7.71. The molecule has 1 aromatic carbocycles. The summed E-state index contributed by atoms with van der Waals surface area (Å²) in [5.74, 6) is -0.388. The van der Waals surface area contributed by atoms with Crippen molar-refractivity contribution < 1.29 is 9.18 Å². The summed E-state index contributed by atoms with van der Waals surface area (Å²) in [7, 11) is 1.72. The van der Waals surface area contributed by atoms with Crippen LogP contribution < -0.4 is 5.73 Å². The molecule has 0 spiro atoms.